The number of carbonyl (C=O) groups excluding carboxylic acids is 1. The van der Waals surface area contributed by atoms with Crippen LogP contribution in [0.4, 0.5) is 0 Å². The van der Waals surface area contributed by atoms with E-state index in [0.717, 1.165) is 17.9 Å². The number of rotatable bonds is 6. The highest BCUT2D eigenvalue weighted by atomic mass is 16.5. The molecule has 0 spiro atoms. The Morgan fingerprint density at radius 1 is 1.37 bits per heavy atom. The van der Waals surface area contributed by atoms with Gasteiger partial charge in [-0.1, -0.05) is 0 Å². The molecule has 0 unspecified atom stereocenters. The first-order valence-electron chi connectivity index (χ1n) is 6.41. The summed E-state index contributed by atoms with van der Waals surface area (Å²) in [6.07, 6.45) is 5.75. The molecule has 0 atom stereocenters. The molecule has 0 aromatic heterocycles. The van der Waals surface area contributed by atoms with Gasteiger partial charge in [0.1, 0.15) is 11.5 Å². The van der Waals surface area contributed by atoms with Crippen LogP contribution in [0.5, 0.6) is 11.5 Å². The van der Waals surface area contributed by atoms with Crippen molar-refractivity contribution < 1.29 is 14.3 Å². The topological polar surface area (TPSA) is 47.6 Å². The van der Waals surface area contributed by atoms with E-state index in [9.17, 15) is 4.79 Å². The summed E-state index contributed by atoms with van der Waals surface area (Å²) in [4.78, 5) is 11.6. The van der Waals surface area contributed by atoms with Gasteiger partial charge in [0.2, 0.25) is 5.91 Å². The Balaban J connectivity index is 1.98. The molecule has 1 aliphatic carbocycles. The van der Waals surface area contributed by atoms with Crippen LogP contribution in [-0.2, 0) is 4.79 Å². The number of hydrogen-bond donors (Lipinski definition) is 1. The Morgan fingerprint density at radius 2 is 2.16 bits per heavy atom. The van der Waals surface area contributed by atoms with Crippen molar-refractivity contribution >= 4 is 12.0 Å². The third kappa shape index (κ3) is 4.02. The first-order chi connectivity index (χ1) is 9.22. The molecule has 4 heteroatoms. The Kier molecular flexibility index (Phi) is 4.44. The van der Waals surface area contributed by atoms with Gasteiger partial charge < -0.3 is 14.8 Å². The van der Waals surface area contributed by atoms with Crippen molar-refractivity contribution in [2.24, 2.45) is 5.92 Å². The van der Waals surface area contributed by atoms with Crippen molar-refractivity contribution in [3.8, 4) is 11.5 Å². The Labute approximate surface area is 113 Å². The molecule has 0 aliphatic heterocycles. The van der Waals surface area contributed by atoms with Crippen LogP contribution in [0.25, 0.3) is 6.08 Å². The van der Waals surface area contributed by atoms with Crippen LogP contribution in [0.1, 0.15) is 18.4 Å². The lowest BCUT2D eigenvalue weighted by Crippen LogP contribution is -2.23. The normalized spacial score (nSPS) is 14.4. The van der Waals surface area contributed by atoms with Gasteiger partial charge >= 0.3 is 0 Å². The number of hydrogen-bond acceptors (Lipinski definition) is 3. The van der Waals surface area contributed by atoms with Gasteiger partial charge in [0.25, 0.3) is 0 Å². The number of carbonyl (C=O) groups is 1. The summed E-state index contributed by atoms with van der Waals surface area (Å²) >= 11 is 0. The van der Waals surface area contributed by atoms with E-state index >= 15 is 0 Å². The average Bonchev–Trinajstić information content (AvgIpc) is 3.26. The summed E-state index contributed by atoms with van der Waals surface area (Å²) in [5.41, 5.74) is 0.852. The van der Waals surface area contributed by atoms with E-state index < -0.39 is 0 Å². The van der Waals surface area contributed by atoms with Crippen molar-refractivity contribution in [1.82, 2.24) is 5.32 Å². The van der Waals surface area contributed by atoms with Crippen LogP contribution in [0, 0.1) is 5.92 Å². The van der Waals surface area contributed by atoms with Crippen LogP contribution in [0.3, 0.4) is 0 Å². The van der Waals surface area contributed by atoms with Crippen molar-refractivity contribution in [2.75, 3.05) is 20.8 Å². The molecule has 0 saturated heterocycles. The largest absolute Gasteiger partial charge is 0.497 e. The molecule has 2 rings (SSSR count). The number of benzene rings is 1. The molecule has 1 aromatic rings. The number of amides is 1. The Hall–Kier alpha value is -1.97. The molecule has 1 aromatic carbocycles. The van der Waals surface area contributed by atoms with Crippen LogP contribution in [-0.4, -0.2) is 26.7 Å². The second-order valence-corrected chi connectivity index (χ2v) is 4.63. The number of ether oxygens (including phenoxy) is 2. The molecule has 1 amide bonds. The third-order valence-electron chi connectivity index (χ3n) is 3.12. The fraction of sp³-hybridized carbons (Fsp3) is 0.400. The summed E-state index contributed by atoms with van der Waals surface area (Å²) in [7, 11) is 3.20. The highest BCUT2D eigenvalue weighted by molar-refractivity contribution is 5.92. The lowest BCUT2D eigenvalue weighted by molar-refractivity contribution is -0.116. The molecule has 0 bridgehead atoms. The Bertz CT molecular complexity index is 478. The van der Waals surface area contributed by atoms with Crippen molar-refractivity contribution in [3.63, 3.8) is 0 Å². The van der Waals surface area contributed by atoms with Gasteiger partial charge in [-0.05, 0) is 37.0 Å². The molecule has 102 valence electrons. The van der Waals surface area contributed by atoms with Crippen LogP contribution in [0.15, 0.2) is 24.3 Å². The van der Waals surface area contributed by atoms with Crippen molar-refractivity contribution in [1.29, 1.82) is 0 Å². The lowest BCUT2D eigenvalue weighted by Gasteiger charge is -2.07. The van der Waals surface area contributed by atoms with Crippen molar-refractivity contribution in [2.45, 2.75) is 12.8 Å². The van der Waals surface area contributed by atoms with Gasteiger partial charge in [-0.15, -0.1) is 0 Å². The molecule has 1 N–H and O–H groups in total. The van der Waals surface area contributed by atoms with Crippen LogP contribution in [0.2, 0.25) is 0 Å². The van der Waals surface area contributed by atoms with Gasteiger partial charge in [0, 0.05) is 24.3 Å². The predicted octanol–water partition coefficient (Wildman–Crippen LogP) is 2.24. The predicted molar refractivity (Wildman–Crippen MR) is 74.3 cm³/mol. The zero-order valence-electron chi connectivity index (χ0n) is 11.3. The molecule has 19 heavy (non-hydrogen) atoms. The third-order valence-corrected chi connectivity index (χ3v) is 3.12. The molecule has 1 fully saturated rings. The molecular formula is C15H19NO3. The van der Waals surface area contributed by atoms with E-state index in [0.29, 0.717) is 11.7 Å². The van der Waals surface area contributed by atoms with E-state index in [4.69, 9.17) is 9.47 Å². The molecular weight excluding hydrogens is 242 g/mol. The van der Waals surface area contributed by atoms with Crippen LogP contribution < -0.4 is 14.8 Å². The second-order valence-electron chi connectivity index (χ2n) is 4.63. The SMILES string of the molecule is COc1ccc(/C=C/C(=O)NCC2CC2)c(OC)c1. The van der Waals surface area contributed by atoms with E-state index in [1.165, 1.54) is 18.9 Å². The average molecular weight is 261 g/mol. The van der Waals surface area contributed by atoms with E-state index in [-0.39, 0.29) is 5.91 Å². The summed E-state index contributed by atoms with van der Waals surface area (Å²) < 4.78 is 10.4. The Morgan fingerprint density at radius 3 is 2.79 bits per heavy atom. The minimum atomic E-state index is -0.0650. The highest BCUT2D eigenvalue weighted by Gasteiger charge is 2.20. The second kappa shape index (κ2) is 6.27. The van der Waals surface area contributed by atoms with E-state index in [2.05, 4.69) is 5.32 Å². The maximum absolute atomic E-state index is 11.6. The molecule has 1 aliphatic rings. The van der Waals surface area contributed by atoms with Gasteiger partial charge in [-0.25, -0.2) is 0 Å². The van der Waals surface area contributed by atoms with E-state index in [1.54, 1.807) is 26.4 Å². The molecule has 1 saturated carbocycles. The summed E-state index contributed by atoms with van der Waals surface area (Å²) in [6, 6.07) is 5.49. The van der Waals surface area contributed by atoms with Gasteiger partial charge in [-0.3, -0.25) is 4.79 Å². The quantitative estimate of drug-likeness (QED) is 0.799. The minimum Gasteiger partial charge on any atom is -0.497 e. The monoisotopic (exact) mass is 261 g/mol. The fourth-order valence-electron chi connectivity index (χ4n) is 1.75. The zero-order chi connectivity index (χ0) is 13.7. The maximum atomic E-state index is 11.6. The molecule has 0 radical (unpaired) electrons. The smallest absolute Gasteiger partial charge is 0.244 e. The van der Waals surface area contributed by atoms with Crippen LogP contribution >= 0.6 is 0 Å². The van der Waals surface area contributed by atoms with E-state index in [1.807, 2.05) is 12.1 Å². The van der Waals surface area contributed by atoms with Gasteiger partial charge in [-0.2, -0.15) is 0 Å². The highest BCUT2D eigenvalue weighted by Crippen LogP contribution is 2.27. The number of nitrogens with one attached hydrogen (secondary N) is 1. The maximum Gasteiger partial charge on any atom is 0.244 e. The summed E-state index contributed by atoms with van der Waals surface area (Å²) in [5.74, 6) is 2.04. The van der Waals surface area contributed by atoms with Gasteiger partial charge in [0.15, 0.2) is 0 Å². The number of methoxy groups -OCH3 is 2. The van der Waals surface area contributed by atoms with Gasteiger partial charge in [0.05, 0.1) is 14.2 Å². The first-order valence-corrected chi connectivity index (χ1v) is 6.41. The first kappa shape index (κ1) is 13.5. The summed E-state index contributed by atoms with van der Waals surface area (Å²) in [6.45, 7) is 0.781. The summed E-state index contributed by atoms with van der Waals surface area (Å²) in [5, 5.41) is 2.88. The fourth-order valence-corrected chi connectivity index (χ4v) is 1.75. The molecule has 0 heterocycles. The molecule has 4 nitrogen and oxygen atoms in total. The minimum absolute atomic E-state index is 0.0650. The lowest BCUT2D eigenvalue weighted by atomic mass is 10.1. The zero-order valence-corrected chi connectivity index (χ0v) is 11.3. The van der Waals surface area contributed by atoms with Crippen molar-refractivity contribution in [3.05, 3.63) is 29.8 Å². The standard InChI is InChI=1S/C15H19NO3/c1-18-13-7-5-12(14(9-13)19-2)6-8-15(17)16-10-11-3-4-11/h5-9,11H,3-4,10H2,1-2H3,(H,16,17)/b8-6+.